The molecule has 2 rings (SSSR count). The molecule has 0 bridgehead atoms. The van der Waals surface area contributed by atoms with E-state index < -0.39 is 0 Å². The molecule has 5 heteroatoms. The van der Waals surface area contributed by atoms with Crippen molar-refractivity contribution in [3.05, 3.63) is 24.4 Å². The third kappa shape index (κ3) is 9.54. The number of aromatic nitrogens is 2. The summed E-state index contributed by atoms with van der Waals surface area (Å²) in [5, 5.41) is 3.40. The maximum absolute atomic E-state index is 4.73. The molecule has 1 aromatic heterocycles. The second kappa shape index (κ2) is 14.4. The van der Waals surface area contributed by atoms with Crippen LogP contribution in [0.25, 0.3) is 0 Å². The van der Waals surface area contributed by atoms with Crippen LogP contribution in [0.4, 0.5) is 11.8 Å². The molecule has 1 saturated heterocycles. The van der Waals surface area contributed by atoms with Crippen LogP contribution in [0, 0.1) is 0 Å². The summed E-state index contributed by atoms with van der Waals surface area (Å²) < 4.78 is 0. The first-order valence-electron chi connectivity index (χ1n) is 11.4. The van der Waals surface area contributed by atoms with Crippen LogP contribution in [0.3, 0.4) is 0 Å². The van der Waals surface area contributed by atoms with Gasteiger partial charge in [0.15, 0.2) is 0 Å². The van der Waals surface area contributed by atoms with Crippen LogP contribution in [-0.4, -0.2) is 54.6 Å². The number of rotatable bonds is 13. The summed E-state index contributed by atoms with van der Waals surface area (Å²) in [6.45, 7) is 7.52. The van der Waals surface area contributed by atoms with Crippen molar-refractivity contribution >= 4 is 11.8 Å². The van der Waals surface area contributed by atoms with Crippen molar-refractivity contribution in [2.45, 2.75) is 71.1 Å². The summed E-state index contributed by atoms with van der Waals surface area (Å²) in [6.07, 6.45) is 19.4. The van der Waals surface area contributed by atoms with Gasteiger partial charge in [-0.15, -0.1) is 0 Å². The standard InChI is InChI=1S/C23H41N5/c1-3-4-5-6-7-8-9-12-18-27(2)21-17-25-23-24-16-15-22(26-23)28-19-13-10-11-14-20-28/h7-8,15-16H,3-6,9-14,17-21H2,1-2H3,(H,24,25,26). The highest BCUT2D eigenvalue weighted by Gasteiger charge is 2.11. The van der Waals surface area contributed by atoms with E-state index in [-0.39, 0.29) is 0 Å². The van der Waals surface area contributed by atoms with Crippen LogP contribution in [0.1, 0.15) is 71.1 Å². The van der Waals surface area contributed by atoms with E-state index in [9.17, 15) is 0 Å². The largest absolute Gasteiger partial charge is 0.356 e. The lowest BCUT2D eigenvalue weighted by molar-refractivity contribution is 0.343. The van der Waals surface area contributed by atoms with Crippen molar-refractivity contribution in [3.8, 4) is 0 Å². The molecule has 158 valence electrons. The maximum atomic E-state index is 4.73. The van der Waals surface area contributed by atoms with Gasteiger partial charge >= 0.3 is 0 Å². The van der Waals surface area contributed by atoms with Gasteiger partial charge in [0.1, 0.15) is 5.82 Å². The van der Waals surface area contributed by atoms with Crippen molar-refractivity contribution in [3.63, 3.8) is 0 Å². The Balaban J connectivity index is 1.60. The van der Waals surface area contributed by atoms with E-state index in [1.54, 1.807) is 0 Å². The van der Waals surface area contributed by atoms with Crippen molar-refractivity contribution in [1.29, 1.82) is 0 Å². The summed E-state index contributed by atoms with van der Waals surface area (Å²) in [7, 11) is 2.20. The van der Waals surface area contributed by atoms with Crippen LogP contribution in [0.15, 0.2) is 24.4 Å². The van der Waals surface area contributed by atoms with Crippen molar-refractivity contribution in [2.24, 2.45) is 0 Å². The number of anilines is 2. The zero-order chi connectivity index (χ0) is 19.9. The van der Waals surface area contributed by atoms with Gasteiger partial charge < -0.3 is 15.1 Å². The first-order chi connectivity index (χ1) is 13.8. The van der Waals surface area contributed by atoms with E-state index in [1.165, 1.54) is 64.2 Å². The molecule has 28 heavy (non-hydrogen) atoms. The summed E-state index contributed by atoms with van der Waals surface area (Å²) in [5.74, 6) is 1.82. The van der Waals surface area contributed by atoms with E-state index in [2.05, 4.69) is 46.2 Å². The second-order valence-electron chi connectivity index (χ2n) is 7.98. The van der Waals surface area contributed by atoms with Gasteiger partial charge in [-0.3, -0.25) is 0 Å². The molecule has 0 atom stereocenters. The Morgan fingerprint density at radius 3 is 2.54 bits per heavy atom. The molecule has 1 fully saturated rings. The molecule has 0 aliphatic carbocycles. The summed E-state index contributed by atoms with van der Waals surface area (Å²) >= 11 is 0. The second-order valence-corrected chi connectivity index (χ2v) is 7.98. The Hall–Kier alpha value is -1.62. The van der Waals surface area contributed by atoms with Crippen molar-refractivity contribution in [1.82, 2.24) is 14.9 Å². The van der Waals surface area contributed by atoms with E-state index in [1.807, 2.05) is 12.3 Å². The molecule has 0 aromatic carbocycles. The van der Waals surface area contributed by atoms with Gasteiger partial charge in [0.05, 0.1) is 0 Å². The smallest absolute Gasteiger partial charge is 0.224 e. The Morgan fingerprint density at radius 2 is 1.79 bits per heavy atom. The molecule has 1 aliphatic heterocycles. The minimum atomic E-state index is 0.755. The number of nitrogens with zero attached hydrogens (tertiary/aromatic N) is 4. The molecule has 0 unspecified atom stereocenters. The third-order valence-electron chi connectivity index (χ3n) is 5.40. The first-order valence-corrected chi connectivity index (χ1v) is 11.4. The molecule has 1 N–H and O–H groups in total. The Morgan fingerprint density at radius 1 is 1.04 bits per heavy atom. The lowest BCUT2D eigenvalue weighted by atomic mass is 10.2. The molecule has 0 amide bonds. The number of allylic oxidation sites excluding steroid dienone is 2. The molecule has 0 saturated carbocycles. The maximum Gasteiger partial charge on any atom is 0.224 e. The van der Waals surface area contributed by atoms with Crippen LogP contribution >= 0.6 is 0 Å². The van der Waals surface area contributed by atoms with Crippen LogP contribution in [0.2, 0.25) is 0 Å². The highest BCUT2D eigenvalue weighted by molar-refractivity contribution is 5.42. The van der Waals surface area contributed by atoms with Gasteiger partial charge in [-0.2, -0.15) is 4.98 Å². The quantitative estimate of drug-likeness (QED) is 0.376. The average Bonchev–Trinajstić information content (AvgIpc) is 3.00. The lowest BCUT2D eigenvalue weighted by Gasteiger charge is -2.22. The molecule has 2 heterocycles. The highest BCUT2D eigenvalue weighted by atomic mass is 15.2. The van der Waals surface area contributed by atoms with E-state index >= 15 is 0 Å². The van der Waals surface area contributed by atoms with Gasteiger partial charge in [-0.05, 0) is 58.2 Å². The zero-order valence-corrected chi connectivity index (χ0v) is 18.2. The first kappa shape index (κ1) is 22.7. The molecule has 1 aromatic rings. The minimum Gasteiger partial charge on any atom is -0.356 e. The molecule has 5 nitrogen and oxygen atoms in total. The molecule has 0 spiro atoms. The van der Waals surface area contributed by atoms with Crippen LogP contribution in [0.5, 0.6) is 0 Å². The third-order valence-corrected chi connectivity index (χ3v) is 5.40. The van der Waals surface area contributed by atoms with Crippen LogP contribution < -0.4 is 10.2 Å². The molecule has 1 aliphatic rings. The van der Waals surface area contributed by atoms with Gasteiger partial charge in [0.2, 0.25) is 5.95 Å². The summed E-state index contributed by atoms with van der Waals surface area (Å²) in [5.41, 5.74) is 0. The topological polar surface area (TPSA) is 44.3 Å². The van der Waals surface area contributed by atoms with E-state index in [0.717, 1.165) is 44.5 Å². The fourth-order valence-electron chi connectivity index (χ4n) is 3.61. The molecular formula is C23H41N5. The minimum absolute atomic E-state index is 0.755. The van der Waals surface area contributed by atoms with Gasteiger partial charge in [0.25, 0.3) is 0 Å². The van der Waals surface area contributed by atoms with Crippen molar-refractivity contribution in [2.75, 3.05) is 50.0 Å². The number of likely N-dealkylation sites (N-methyl/N-ethyl adjacent to an activating group) is 1. The van der Waals surface area contributed by atoms with E-state index in [4.69, 9.17) is 4.98 Å². The number of hydrogen-bond acceptors (Lipinski definition) is 5. The Bertz CT molecular complexity index is 538. The summed E-state index contributed by atoms with van der Waals surface area (Å²) in [6, 6.07) is 2.04. The summed E-state index contributed by atoms with van der Waals surface area (Å²) in [4.78, 5) is 13.9. The fourth-order valence-corrected chi connectivity index (χ4v) is 3.61. The molecular weight excluding hydrogens is 346 g/mol. The van der Waals surface area contributed by atoms with Gasteiger partial charge in [-0.25, -0.2) is 4.98 Å². The number of nitrogens with one attached hydrogen (secondary N) is 1. The number of hydrogen-bond donors (Lipinski definition) is 1. The monoisotopic (exact) mass is 387 g/mol. The predicted octanol–water partition coefficient (Wildman–Crippen LogP) is 5.12. The van der Waals surface area contributed by atoms with Gasteiger partial charge in [-0.1, -0.05) is 44.8 Å². The normalized spacial score (nSPS) is 15.3. The Labute approximate surface area is 172 Å². The predicted molar refractivity (Wildman–Crippen MR) is 121 cm³/mol. The fraction of sp³-hybridized carbons (Fsp3) is 0.739. The zero-order valence-electron chi connectivity index (χ0n) is 18.2. The van der Waals surface area contributed by atoms with Crippen LogP contribution in [-0.2, 0) is 0 Å². The SMILES string of the molecule is CCCCCC=CCCCN(C)CCNc1nccc(N2CCCCCC2)n1. The average molecular weight is 388 g/mol. The number of unbranched alkanes of at least 4 members (excludes halogenated alkanes) is 4. The van der Waals surface area contributed by atoms with Gasteiger partial charge in [0, 0.05) is 32.4 Å². The van der Waals surface area contributed by atoms with E-state index in [0.29, 0.717) is 0 Å². The highest BCUT2D eigenvalue weighted by Crippen LogP contribution is 2.17. The van der Waals surface area contributed by atoms with Crippen molar-refractivity contribution < 1.29 is 0 Å². The Kier molecular flexibility index (Phi) is 11.6. The lowest BCUT2D eigenvalue weighted by Crippen LogP contribution is -2.27. The molecule has 0 radical (unpaired) electrons.